The number of methoxy groups -OCH3 is 1. The van der Waals surface area contributed by atoms with Gasteiger partial charge in [-0.2, -0.15) is 0 Å². The van der Waals surface area contributed by atoms with Crippen LogP contribution in [-0.2, 0) is 0 Å². The highest BCUT2D eigenvalue weighted by atomic mass is 16.6. The van der Waals surface area contributed by atoms with Crippen molar-refractivity contribution in [2.45, 2.75) is 0 Å². The van der Waals surface area contributed by atoms with Crippen LogP contribution in [-0.4, -0.2) is 22.0 Å². The quantitative estimate of drug-likeness (QED) is 0.659. The van der Waals surface area contributed by atoms with Gasteiger partial charge in [0.25, 0.3) is 5.69 Å². The summed E-state index contributed by atoms with van der Waals surface area (Å²) in [6.07, 6.45) is 1.23. The van der Waals surface area contributed by atoms with Crippen LogP contribution in [0.3, 0.4) is 0 Å². The molecule has 1 heterocycles. The second kappa shape index (κ2) is 5.17. The molecule has 0 radical (unpaired) electrons. The first-order valence-electron chi connectivity index (χ1n) is 5.18. The fourth-order valence-corrected chi connectivity index (χ4v) is 1.38. The minimum Gasteiger partial charge on any atom is -0.493 e. The zero-order valence-electron chi connectivity index (χ0n) is 9.94. The third-order valence-corrected chi connectivity index (χ3v) is 2.24. The van der Waals surface area contributed by atoms with Gasteiger partial charge in [0.15, 0.2) is 11.5 Å². The fourth-order valence-electron chi connectivity index (χ4n) is 1.38. The number of aromatic nitrogens is 2. The topological polar surface area (TPSA) is 113 Å². The van der Waals surface area contributed by atoms with Crippen molar-refractivity contribution in [3.8, 4) is 17.4 Å². The maximum absolute atomic E-state index is 10.7. The van der Waals surface area contributed by atoms with Crippen molar-refractivity contribution in [1.29, 1.82) is 0 Å². The molecule has 8 heteroatoms. The highest BCUT2D eigenvalue weighted by Crippen LogP contribution is 2.34. The summed E-state index contributed by atoms with van der Waals surface area (Å²) >= 11 is 0. The van der Waals surface area contributed by atoms with Gasteiger partial charge in [-0.1, -0.05) is 0 Å². The summed E-state index contributed by atoms with van der Waals surface area (Å²) in [7, 11) is 1.43. The van der Waals surface area contributed by atoms with E-state index in [9.17, 15) is 10.1 Å². The average Bonchev–Trinajstić information content (AvgIpc) is 2.38. The first-order valence-corrected chi connectivity index (χ1v) is 5.18. The molecule has 0 atom stereocenters. The maximum atomic E-state index is 10.7. The molecule has 2 N–H and O–H groups in total. The molecule has 98 valence electrons. The fraction of sp³-hybridized carbons (Fsp3) is 0.0909. The van der Waals surface area contributed by atoms with E-state index in [1.165, 1.54) is 37.7 Å². The molecule has 0 aliphatic heterocycles. The van der Waals surface area contributed by atoms with Crippen LogP contribution in [0, 0.1) is 10.1 Å². The highest BCUT2D eigenvalue weighted by Gasteiger charge is 2.13. The Morgan fingerprint density at radius 3 is 2.68 bits per heavy atom. The summed E-state index contributed by atoms with van der Waals surface area (Å²) in [4.78, 5) is 17.8. The van der Waals surface area contributed by atoms with Crippen molar-refractivity contribution in [2.24, 2.45) is 0 Å². The van der Waals surface area contributed by atoms with Crippen LogP contribution >= 0.6 is 0 Å². The van der Waals surface area contributed by atoms with Gasteiger partial charge < -0.3 is 15.2 Å². The van der Waals surface area contributed by atoms with E-state index < -0.39 is 4.92 Å². The van der Waals surface area contributed by atoms with E-state index in [1.54, 1.807) is 0 Å². The predicted molar refractivity (Wildman–Crippen MR) is 66.2 cm³/mol. The molecule has 2 rings (SSSR count). The van der Waals surface area contributed by atoms with E-state index in [2.05, 4.69) is 9.97 Å². The van der Waals surface area contributed by atoms with Crippen LogP contribution in [0.2, 0.25) is 0 Å². The number of nitro benzene ring substituents is 1. The van der Waals surface area contributed by atoms with Crippen molar-refractivity contribution in [1.82, 2.24) is 9.97 Å². The number of nitrogen functional groups attached to an aromatic ring is 1. The molecular weight excluding hydrogens is 252 g/mol. The monoisotopic (exact) mass is 262 g/mol. The number of non-ortho nitro benzene ring substituents is 1. The minimum atomic E-state index is -0.527. The molecular formula is C11H10N4O4. The van der Waals surface area contributed by atoms with Crippen LogP contribution in [0.5, 0.6) is 17.4 Å². The van der Waals surface area contributed by atoms with Crippen molar-refractivity contribution >= 4 is 11.5 Å². The summed E-state index contributed by atoms with van der Waals surface area (Å²) in [5, 5.41) is 10.7. The summed E-state index contributed by atoms with van der Waals surface area (Å²) in [5.74, 6) is 0.929. The number of hydrogen-bond acceptors (Lipinski definition) is 7. The summed E-state index contributed by atoms with van der Waals surface area (Å²) in [6.45, 7) is 0. The first kappa shape index (κ1) is 12.6. The van der Waals surface area contributed by atoms with E-state index in [-0.39, 0.29) is 23.1 Å². The SMILES string of the molecule is COc1ccc([N+](=O)[O-])cc1Oc1cc(N)ncn1. The lowest BCUT2D eigenvalue weighted by Gasteiger charge is -2.09. The van der Waals surface area contributed by atoms with Gasteiger partial charge in [-0.3, -0.25) is 10.1 Å². The lowest BCUT2D eigenvalue weighted by atomic mass is 10.3. The summed E-state index contributed by atoms with van der Waals surface area (Å²) < 4.78 is 10.5. The normalized spacial score (nSPS) is 9.95. The minimum absolute atomic E-state index is 0.113. The zero-order valence-corrected chi connectivity index (χ0v) is 9.94. The van der Waals surface area contributed by atoms with E-state index in [0.717, 1.165) is 0 Å². The van der Waals surface area contributed by atoms with E-state index >= 15 is 0 Å². The third-order valence-electron chi connectivity index (χ3n) is 2.24. The number of nitro groups is 1. The van der Waals surface area contributed by atoms with Gasteiger partial charge in [0.05, 0.1) is 18.1 Å². The number of nitrogens with zero attached hydrogens (tertiary/aromatic N) is 3. The highest BCUT2D eigenvalue weighted by molar-refractivity contribution is 5.50. The van der Waals surface area contributed by atoms with E-state index in [1.807, 2.05) is 0 Å². The second-order valence-corrected chi connectivity index (χ2v) is 3.48. The Kier molecular flexibility index (Phi) is 3.42. The van der Waals surface area contributed by atoms with Crippen molar-refractivity contribution in [3.63, 3.8) is 0 Å². The maximum Gasteiger partial charge on any atom is 0.273 e. The van der Waals surface area contributed by atoms with Crippen LogP contribution in [0.1, 0.15) is 0 Å². The molecule has 0 unspecified atom stereocenters. The average molecular weight is 262 g/mol. The van der Waals surface area contributed by atoms with Crippen LogP contribution in [0.15, 0.2) is 30.6 Å². The molecule has 0 saturated heterocycles. The number of nitrogens with two attached hydrogens (primary N) is 1. The van der Waals surface area contributed by atoms with E-state index in [0.29, 0.717) is 5.75 Å². The largest absolute Gasteiger partial charge is 0.493 e. The third kappa shape index (κ3) is 2.86. The van der Waals surface area contributed by atoms with Crippen molar-refractivity contribution in [3.05, 3.63) is 40.7 Å². The van der Waals surface area contributed by atoms with Gasteiger partial charge in [0, 0.05) is 12.1 Å². The van der Waals surface area contributed by atoms with Crippen molar-refractivity contribution in [2.75, 3.05) is 12.8 Å². The van der Waals surface area contributed by atoms with Gasteiger partial charge in [0.2, 0.25) is 5.88 Å². The Hall–Kier alpha value is -2.90. The zero-order chi connectivity index (χ0) is 13.8. The molecule has 0 amide bonds. The summed E-state index contributed by atoms with van der Waals surface area (Å²) in [5.41, 5.74) is 5.38. The predicted octanol–water partition coefficient (Wildman–Crippen LogP) is 1.77. The number of ether oxygens (including phenoxy) is 2. The molecule has 1 aromatic heterocycles. The Bertz CT molecular complexity index is 617. The summed E-state index contributed by atoms with van der Waals surface area (Å²) in [6, 6.07) is 5.41. The molecule has 0 aliphatic rings. The molecule has 8 nitrogen and oxygen atoms in total. The van der Waals surface area contributed by atoms with Gasteiger partial charge in [-0.15, -0.1) is 0 Å². The van der Waals surface area contributed by atoms with Crippen LogP contribution in [0.4, 0.5) is 11.5 Å². The molecule has 2 aromatic rings. The standard InChI is InChI=1S/C11H10N4O4/c1-18-8-3-2-7(15(16)17)4-9(8)19-11-5-10(12)13-6-14-11/h2-6H,1H3,(H2,12,13,14). The lowest BCUT2D eigenvalue weighted by Crippen LogP contribution is -1.96. The number of hydrogen-bond donors (Lipinski definition) is 1. The molecule has 0 aliphatic carbocycles. The molecule has 0 fully saturated rings. The van der Waals surface area contributed by atoms with Gasteiger partial charge in [-0.25, -0.2) is 9.97 Å². The Morgan fingerprint density at radius 1 is 1.26 bits per heavy atom. The molecule has 0 spiro atoms. The smallest absolute Gasteiger partial charge is 0.273 e. The van der Waals surface area contributed by atoms with Gasteiger partial charge >= 0.3 is 0 Å². The molecule has 0 saturated carbocycles. The van der Waals surface area contributed by atoms with Gasteiger partial charge in [-0.05, 0) is 6.07 Å². The number of benzene rings is 1. The molecule has 1 aromatic carbocycles. The second-order valence-electron chi connectivity index (χ2n) is 3.48. The molecule has 0 bridgehead atoms. The number of anilines is 1. The van der Waals surface area contributed by atoms with Gasteiger partial charge in [0.1, 0.15) is 12.1 Å². The van der Waals surface area contributed by atoms with Crippen LogP contribution < -0.4 is 15.2 Å². The first-order chi connectivity index (χ1) is 9.10. The van der Waals surface area contributed by atoms with E-state index in [4.69, 9.17) is 15.2 Å². The Balaban J connectivity index is 2.37. The number of rotatable bonds is 4. The van der Waals surface area contributed by atoms with Crippen molar-refractivity contribution < 1.29 is 14.4 Å². The Morgan fingerprint density at radius 2 is 2.05 bits per heavy atom. The molecule has 19 heavy (non-hydrogen) atoms. The Labute approximate surface area is 108 Å². The lowest BCUT2D eigenvalue weighted by molar-refractivity contribution is -0.384. The van der Waals surface area contributed by atoms with Crippen LogP contribution in [0.25, 0.3) is 0 Å².